The number of rotatable bonds is 5. The second-order valence-corrected chi connectivity index (χ2v) is 7.64. The molecule has 30 heavy (non-hydrogen) atoms. The van der Waals surface area contributed by atoms with E-state index >= 15 is 0 Å². The van der Waals surface area contributed by atoms with Gasteiger partial charge in [0.15, 0.2) is 0 Å². The van der Waals surface area contributed by atoms with Crippen LogP contribution >= 0.6 is 0 Å². The molecular formula is C27H28N2O. The Morgan fingerprint density at radius 1 is 0.867 bits per heavy atom. The maximum Gasteiger partial charge on any atom is 0.253 e. The molecule has 0 unspecified atom stereocenters. The van der Waals surface area contributed by atoms with Gasteiger partial charge in [0, 0.05) is 37.8 Å². The van der Waals surface area contributed by atoms with Crippen LogP contribution in [0.5, 0.6) is 0 Å². The second kappa shape index (κ2) is 9.08. The van der Waals surface area contributed by atoms with Crippen LogP contribution in [0.2, 0.25) is 0 Å². The third-order valence-corrected chi connectivity index (χ3v) is 5.87. The van der Waals surface area contributed by atoms with E-state index in [1.165, 1.54) is 27.5 Å². The highest BCUT2D eigenvalue weighted by atomic mass is 16.2. The molecule has 1 heterocycles. The highest BCUT2D eigenvalue weighted by molar-refractivity contribution is 5.96. The lowest BCUT2D eigenvalue weighted by Crippen LogP contribution is -2.30. The van der Waals surface area contributed by atoms with Gasteiger partial charge in [0.25, 0.3) is 5.91 Å². The maximum atomic E-state index is 12.7. The monoisotopic (exact) mass is 396 g/mol. The Morgan fingerprint density at radius 3 is 2.20 bits per heavy atom. The third kappa shape index (κ3) is 4.06. The lowest BCUT2D eigenvalue weighted by Gasteiger charge is -2.20. The topological polar surface area (TPSA) is 32.7 Å². The molecule has 1 aliphatic rings. The fraction of sp³-hybridized carbons (Fsp3) is 0.259. The Kier molecular flexibility index (Phi) is 6.08. The molecule has 0 N–H and O–H groups in total. The number of fused-ring (bicyclic) bond motifs is 1. The molecule has 0 bridgehead atoms. The van der Waals surface area contributed by atoms with Gasteiger partial charge in [0.1, 0.15) is 0 Å². The summed E-state index contributed by atoms with van der Waals surface area (Å²) in [6.07, 6.45) is 3.87. The summed E-state index contributed by atoms with van der Waals surface area (Å²) in [5.74, 6) is 0.0938. The standard InChI is InChI=1S/C27H28N2O/c1-3-29(4-2)27(30)23-12-10-21(11-13-23)26(22-15-17-28-18-16-22)25-14-9-20-7-5-6-8-24(20)19-25/h5-14,17,19H,3-4,15-16,18H2,1-2H3/b26-22-. The minimum atomic E-state index is 0.0938. The average Bonchev–Trinajstić information content (AvgIpc) is 2.81. The molecule has 0 radical (unpaired) electrons. The van der Waals surface area contributed by atoms with E-state index in [4.69, 9.17) is 0 Å². The first-order chi connectivity index (χ1) is 14.7. The first-order valence-electron chi connectivity index (χ1n) is 10.8. The third-order valence-electron chi connectivity index (χ3n) is 5.87. The van der Waals surface area contributed by atoms with Crippen LogP contribution in [0.3, 0.4) is 0 Å². The number of hydrogen-bond donors (Lipinski definition) is 0. The van der Waals surface area contributed by atoms with Crippen LogP contribution in [0.1, 0.15) is 48.2 Å². The zero-order valence-corrected chi connectivity index (χ0v) is 17.8. The van der Waals surface area contributed by atoms with Crippen molar-refractivity contribution in [1.29, 1.82) is 0 Å². The molecule has 0 aromatic heterocycles. The average molecular weight is 397 g/mol. The van der Waals surface area contributed by atoms with Gasteiger partial charge < -0.3 is 4.90 Å². The first-order valence-corrected chi connectivity index (χ1v) is 10.8. The van der Waals surface area contributed by atoms with Crippen molar-refractivity contribution in [2.75, 3.05) is 19.6 Å². The van der Waals surface area contributed by atoms with E-state index in [9.17, 15) is 4.79 Å². The fourth-order valence-corrected chi connectivity index (χ4v) is 4.19. The van der Waals surface area contributed by atoms with E-state index in [1.54, 1.807) is 0 Å². The molecule has 0 fully saturated rings. The van der Waals surface area contributed by atoms with Gasteiger partial charge in [-0.3, -0.25) is 9.79 Å². The van der Waals surface area contributed by atoms with Gasteiger partial charge in [0.2, 0.25) is 0 Å². The molecule has 1 aliphatic heterocycles. The number of hydrogen-bond acceptors (Lipinski definition) is 2. The van der Waals surface area contributed by atoms with Gasteiger partial charge in [-0.2, -0.15) is 0 Å². The molecule has 0 aliphatic carbocycles. The molecule has 4 rings (SSSR count). The molecule has 152 valence electrons. The summed E-state index contributed by atoms with van der Waals surface area (Å²) in [6.45, 7) is 6.32. The molecule has 3 aromatic carbocycles. The van der Waals surface area contributed by atoms with Crippen LogP contribution in [0, 0.1) is 0 Å². The van der Waals surface area contributed by atoms with Crippen LogP contribution in [-0.2, 0) is 0 Å². The van der Waals surface area contributed by atoms with Crippen LogP contribution in [0.25, 0.3) is 16.3 Å². The first kappa shape index (κ1) is 20.1. The molecule has 0 saturated carbocycles. The molecule has 0 spiro atoms. The van der Waals surface area contributed by atoms with Crippen molar-refractivity contribution in [2.45, 2.75) is 26.7 Å². The van der Waals surface area contributed by atoms with Gasteiger partial charge in [-0.1, -0.05) is 54.1 Å². The molecule has 3 aromatic rings. The molecular weight excluding hydrogens is 368 g/mol. The Labute approximate surface area is 178 Å². The Hall–Kier alpha value is -3.20. The number of benzene rings is 3. The number of aliphatic imine (C=N–C) groups is 1. The SMILES string of the molecule is CCN(CC)C(=O)c1ccc(/C(=C2\CC=NCC2)c2ccc3ccccc3c2)cc1. The predicted octanol–water partition coefficient (Wildman–Crippen LogP) is 5.99. The summed E-state index contributed by atoms with van der Waals surface area (Å²) < 4.78 is 0. The fourth-order valence-electron chi connectivity index (χ4n) is 4.19. The minimum Gasteiger partial charge on any atom is -0.339 e. The minimum absolute atomic E-state index is 0.0938. The normalized spacial score (nSPS) is 15.3. The number of carbonyl (C=O) groups is 1. The van der Waals surface area contributed by atoms with Gasteiger partial charge >= 0.3 is 0 Å². The van der Waals surface area contributed by atoms with E-state index in [2.05, 4.69) is 59.6 Å². The van der Waals surface area contributed by atoms with Gasteiger partial charge in [-0.25, -0.2) is 0 Å². The van der Waals surface area contributed by atoms with Crippen molar-refractivity contribution in [1.82, 2.24) is 4.90 Å². The Morgan fingerprint density at radius 2 is 1.53 bits per heavy atom. The van der Waals surface area contributed by atoms with Crippen LogP contribution < -0.4 is 0 Å². The number of carbonyl (C=O) groups excluding carboxylic acids is 1. The number of nitrogens with zero attached hydrogens (tertiary/aromatic N) is 2. The van der Waals surface area contributed by atoms with E-state index in [0.29, 0.717) is 0 Å². The van der Waals surface area contributed by atoms with Crippen LogP contribution in [0.15, 0.2) is 77.3 Å². The molecule has 0 atom stereocenters. The molecule has 1 amide bonds. The van der Waals surface area contributed by atoms with E-state index in [0.717, 1.165) is 43.6 Å². The van der Waals surface area contributed by atoms with Gasteiger partial charge in [0.05, 0.1) is 0 Å². The summed E-state index contributed by atoms with van der Waals surface area (Å²) in [4.78, 5) is 19.0. The quantitative estimate of drug-likeness (QED) is 0.521. The zero-order valence-electron chi connectivity index (χ0n) is 17.8. The summed E-state index contributed by atoms with van der Waals surface area (Å²) in [7, 11) is 0. The zero-order chi connectivity index (χ0) is 20.9. The van der Waals surface area contributed by atoms with Crippen molar-refractivity contribution < 1.29 is 4.79 Å². The van der Waals surface area contributed by atoms with Crippen molar-refractivity contribution in [2.24, 2.45) is 4.99 Å². The van der Waals surface area contributed by atoms with Crippen LogP contribution in [0.4, 0.5) is 0 Å². The molecule has 0 saturated heterocycles. The summed E-state index contributed by atoms with van der Waals surface area (Å²) in [6, 6.07) is 23.3. The molecule has 3 nitrogen and oxygen atoms in total. The van der Waals surface area contributed by atoms with E-state index < -0.39 is 0 Å². The Balaban J connectivity index is 1.77. The molecule has 3 heteroatoms. The smallest absolute Gasteiger partial charge is 0.253 e. The van der Waals surface area contributed by atoms with Gasteiger partial charge in [-0.15, -0.1) is 0 Å². The maximum absolute atomic E-state index is 12.7. The van der Waals surface area contributed by atoms with E-state index in [-0.39, 0.29) is 5.91 Å². The summed E-state index contributed by atoms with van der Waals surface area (Å²) >= 11 is 0. The van der Waals surface area contributed by atoms with Crippen molar-refractivity contribution in [3.05, 3.63) is 89.0 Å². The van der Waals surface area contributed by atoms with Crippen molar-refractivity contribution >= 4 is 28.5 Å². The van der Waals surface area contributed by atoms with Crippen molar-refractivity contribution in [3.63, 3.8) is 0 Å². The Bertz CT molecular complexity index is 1110. The summed E-state index contributed by atoms with van der Waals surface area (Å²) in [5.41, 5.74) is 5.81. The van der Waals surface area contributed by atoms with E-state index in [1.807, 2.05) is 37.1 Å². The van der Waals surface area contributed by atoms with Crippen LogP contribution in [-0.4, -0.2) is 36.7 Å². The highest BCUT2D eigenvalue weighted by Crippen LogP contribution is 2.33. The number of amides is 1. The van der Waals surface area contributed by atoms with Gasteiger partial charge in [-0.05, 0) is 65.9 Å². The summed E-state index contributed by atoms with van der Waals surface area (Å²) in [5, 5.41) is 2.49. The second-order valence-electron chi connectivity index (χ2n) is 7.64. The largest absolute Gasteiger partial charge is 0.339 e. The lowest BCUT2D eigenvalue weighted by atomic mass is 9.88. The lowest BCUT2D eigenvalue weighted by molar-refractivity contribution is 0.0773. The predicted molar refractivity (Wildman–Crippen MR) is 126 cm³/mol. The van der Waals surface area contributed by atoms with Crippen molar-refractivity contribution in [3.8, 4) is 0 Å². The highest BCUT2D eigenvalue weighted by Gasteiger charge is 2.16.